The number of unbranched alkanes of at least 4 members (excludes halogenated alkanes) is 5. The fraction of sp³-hybridized carbons (Fsp3) is 0.893. The van der Waals surface area contributed by atoms with Gasteiger partial charge < -0.3 is 20.0 Å². The van der Waals surface area contributed by atoms with E-state index in [1.165, 1.54) is 64.2 Å². The molecule has 0 aliphatic carbocycles. The van der Waals surface area contributed by atoms with Gasteiger partial charge in [-0.25, -0.2) is 0 Å². The smallest absolute Gasteiger partial charge is 0.232 e. The molecule has 7 heteroatoms. The Morgan fingerprint density at radius 1 is 0.743 bits per heavy atom. The summed E-state index contributed by atoms with van der Waals surface area (Å²) in [6, 6.07) is 0.428. The Kier molecular flexibility index (Phi) is 8.77. The van der Waals surface area contributed by atoms with Crippen molar-refractivity contribution in [3.63, 3.8) is 0 Å². The lowest BCUT2D eigenvalue weighted by atomic mass is 9.79. The van der Waals surface area contributed by atoms with Gasteiger partial charge >= 0.3 is 0 Å². The molecule has 198 valence electrons. The number of nitrogens with zero attached hydrogens (tertiary/aromatic N) is 6. The molecule has 1 N–H and O–H groups in total. The molecule has 3 aliphatic heterocycles. The normalized spacial score (nSPS) is 22.2. The molecule has 4 rings (SSSR count). The molecular formula is C28H51N7. The highest BCUT2D eigenvalue weighted by atomic mass is 15.4. The lowest BCUT2D eigenvalue weighted by Gasteiger charge is -2.49. The fourth-order valence-corrected chi connectivity index (χ4v) is 6.59. The highest BCUT2D eigenvalue weighted by molar-refractivity contribution is 5.48. The van der Waals surface area contributed by atoms with Crippen LogP contribution in [0.3, 0.4) is 0 Å². The molecule has 0 spiro atoms. The molecule has 0 aromatic carbocycles. The van der Waals surface area contributed by atoms with E-state index in [4.69, 9.17) is 15.0 Å². The third-order valence-corrected chi connectivity index (χ3v) is 8.00. The van der Waals surface area contributed by atoms with E-state index >= 15 is 0 Å². The number of nitrogens with one attached hydrogen (secondary N) is 1. The molecule has 35 heavy (non-hydrogen) atoms. The maximum atomic E-state index is 5.17. The molecule has 3 aliphatic rings. The predicted molar refractivity (Wildman–Crippen MR) is 148 cm³/mol. The second-order valence-electron chi connectivity index (χ2n) is 12.5. The zero-order chi connectivity index (χ0) is 24.9. The summed E-state index contributed by atoms with van der Waals surface area (Å²) in [5.41, 5.74) is 0.183. The van der Waals surface area contributed by atoms with Gasteiger partial charge in [0.1, 0.15) is 0 Å². The predicted octanol–water partition coefficient (Wildman–Crippen LogP) is 5.55. The van der Waals surface area contributed by atoms with Crippen molar-refractivity contribution in [2.24, 2.45) is 0 Å². The quantitative estimate of drug-likeness (QED) is 0.412. The molecule has 0 saturated carbocycles. The lowest BCUT2D eigenvalue weighted by Crippen LogP contribution is -2.62. The van der Waals surface area contributed by atoms with Crippen LogP contribution in [0.2, 0.25) is 0 Å². The van der Waals surface area contributed by atoms with Gasteiger partial charge in [-0.3, -0.25) is 0 Å². The van der Waals surface area contributed by atoms with Gasteiger partial charge in [-0.15, -0.1) is 0 Å². The Morgan fingerprint density at radius 2 is 1.23 bits per heavy atom. The molecule has 0 amide bonds. The van der Waals surface area contributed by atoms with Crippen LogP contribution in [0.15, 0.2) is 0 Å². The topological polar surface area (TPSA) is 60.4 Å². The SMILES string of the molecule is CCCCCCCCN(c1nc(N2CCCC2)nc(N2CCCC2)n1)C1CC(C)(C)NC(C)(C)C1. The van der Waals surface area contributed by atoms with Crippen molar-refractivity contribution < 1.29 is 0 Å². The molecule has 0 unspecified atom stereocenters. The van der Waals surface area contributed by atoms with Crippen LogP contribution in [0.25, 0.3) is 0 Å². The van der Waals surface area contributed by atoms with Gasteiger partial charge in [-0.1, -0.05) is 39.0 Å². The minimum atomic E-state index is 0.0917. The Balaban J connectivity index is 1.62. The molecule has 0 bridgehead atoms. The van der Waals surface area contributed by atoms with Crippen LogP contribution < -0.4 is 20.0 Å². The molecule has 3 fully saturated rings. The number of rotatable bonds is 11. The largest absolute Gasteiger partial charge is 0.341 e. The van der Waals surface area contributed by atoms with Crippen LogP contribution in [0.4, 0.5) is 17.8 Å². The second-order valence-corrected chi connectivity index (χ2v) is 12.5. The Bertz CT molecular complexity index is 746. The number of hydrogen-bond donors (Lipinski definition) is 1. The van der Waals surface area contributed by atoms with Gasteiger partial charge in [0.15, 0.2) is 0 Å². The maximum absolute atomic E-state index is 5.17. The summed E-state index contributed by atoms with van der Waals surface area (Å²) in [5, 5.41) is 3.87. The van der Waals surface area contributed by atoms with E-state index in [2.05, 4.69) is 54.6 Å². The van der Waals surface area contributed by atoms with Crippen LogP contribution in [-0.4, -0.2) is 64.8 Å². The second kappa shape index (κ2) is 11.6. The highest BCUT2D eigenvalue weighted by Crippen LogP contribution is 2.34. The average molecular weight is 486 g/mol. The van der Waals surface area contributed by atoms with Crippen LogP contribution in [0.1, 0.15) is 112 Å². The van der Waals surface area contributed by atoms with E-state index in [9.17, 15) is 0 Å². The van der Waals surface area contributed by atoms with E-state index in [0.29, 0.717) is 6.04 Å². The first kappa shape index (κ1) is 26.4. The maximum Gasteiger partial charge on any atom is 0.232 e. The molecular weight excluding hydrogens is 434 g/mol. The summed E-state index contributed by atoms with van der Waals surface area (Å²) in [4.78, 5) is 22.7. The average Bonchev–Trinajstić information content (AvgIpc) is 3.50. The van der Waals surface area contributed by atoms with Crippen molar-refractivity contribution >= 4 is 17.8 Å². The monoisotopic (exact) mass is 485 g/mol. The summed E-state index contributed by atoms with van der Waals surface area (Å²) >= 11 is 0. The van der Waals surface area contributed by atoms with Gasteiger partial charge in [0.2, 0.25) is 17.8 Å². The fourth-order valence-electron chi connectivity index (χ4n) is 6.59. The van der Waals surface area contributed by atoms with Gasteiger partial charge in [0.05, 0.1) is 0 Å². The van der Waals surface area contributed by atoms with E-state index in [0.717, 1.165) is 63.4 Å². The van der Waals surface area contributed by atoms with Gasteiger partial charge in [0, 0.05) is 49.8 Å². The van der Waals surface area contributed by atoms with Crippen molar-refractivity contribution in [2.45, 2.75) is 129 Å². The Hall–Kier alpha value is -1.63. The van der Waals surface area contributed by atoms with E-state index in [1.807, 2.05) is 0 Å². The van der Waals surface area contributed by atoms with Gasteiger partial charge in [-0.05, 0) is 72.6 Å². The van der Waals surface area contributed by atoms with E-state index in [1.54, 1.807) is 0 Å². The van der Waals surface area contributed by atoms with Crippen molar-refractivity contribution in [1.29, 1.82) is 0 Å². The van der Waals surface area contributed by atoms with Gasteiger partial charge in [-0.2, -0.15) is 15.0 Å². The van der Waals surface area contributed by atoms with Crippen LogP contribution in [0.5, 0.6) is 0 Å². The summed E-state index contributed by atoms with van der Waals surface area (Å²) in [5.74, 6) is 2.71. The van der Waals surface area contributed by atoms with Crippen LogP contribution >= 0.6 is 0 Å². The first-order valence-electron chi connectivity index (χ1n) is 14.6. The molecule has 1 aromatic heterocycles. The van der Waals surface area contributed by atoms with Crippen molar-refractivity contribution in [3.8, 4) is 0 Å². The first-order valence-corrected chi connectivity index (χ1v) is 14.6. The zero-order valence-electron chi connectivity index (χ0n) is 23.3. The van der Waals surface area contributed by atoms with Crippen molar-refractivity contribution in [2.75, 3.05) is 47.4 Å². The Morgan fingerprint density at radius 3 is 1.74 bits per heavy atom. The molecule has 3 saturated heterocycles. The minimum Gasteiger partial charge on any atom is -0.341 e. The van der Waals surface area contributed by atoms with Crippen molar-refractivity contribution in [3.05, 3.63) is 0 Å². The van der Waals surface area contributed by atoms with Gasteiger partial charge in [0.25, 0.3) is 0 Å². The standard InChI is InChI=1S/C28H51N7/c1-6-7-8-9-10-11-20-35(23-21-27(2,3)32-28(4,5)22-23)26-30-24(33-16-12-13-17-33)29-25(31-26)34-18-14-15-19-34/h23,32H,6-22H2,1-5H3. The summed E-state index contributed by atoms with van der Waals surface area (Å²) < 4.78 is 0. The van der Waals surface area contributed by atoms with Crippen molar-refractivity contribution in [1.82, 2.24) is 20.3 Å². The minimum absolute atomic E-state index is 0.0917. The molecule has 0 radical (unpaired) electrons. The number of anilines is 3. The lowest BCUT2D eigenvalue weighted by molar-refractivity contribution is 0.157. The summed E-state index contributed by atoms with van der Waals surface area (Å²) in [6.45, 7) is 17.0. The molecule has 4 heterocycles. The zero-order valence-corrected chi connectivity index (χ0v) is 23.3. The van der Waals surface area contributed by atoms with Crippen LogP contribution in [-0.2, 0) is 0 Å². The summed E-state index contributed by atoms with van der Waals surface area (Å²) in [7, 11) is 0. The Labute approximate surface area is 214 Å². The molecule has 1 aromatic rings. The number of aromatic nitrogens is 3. The first-order chi connectivity index (χ1) is 16.8. The van der Waals surface area contributed by atoms with E-state index < -0.39 is 0 Å². The summed E-state index contributed by atoms with van der Waals surface area (Å²) in [6.07, 6.45) is 15.0. The third-order valence-electron chi connectivity index (χ3n) is 8.00. The number of piperidine rings is 1. The third kappa shape index (κ3) is 7.21. The van der Waals surface area contributed by atoms with E-state index in [-0.39, 0.29) is 11.1 Å². The number of hydrogen-bond acceptors (Lipinski definition) is 7. The highest BCUT2D eigenvalue weighted by Gasteiger charge is 2.41. The van der Waals surface area contributed by atoms with Crippen LogP contribution in [0, 0.1) is 0 Å². The molecule has 7 nitrogen and oxygen atoms in total. The molecule has 0 atom stereocenters.